The molecule has 0 saturated heterocycles. The third-order valence-electron chi connectivity index (χ3n) is 3.33. The van der Waals surface area contributed by atoms with Crippen LogP contribution in [-0.4, -0.2) is 22.8 Å². The van der Waals surface area contributed by atoms with Gasteiger partial charge in [0.2, 0.25) is 0 Å². The standard InChI is InChI=1S/C16H9ClFNO4/c17-12-6-3-7-13(18)11(12)8-14(20)23-19-15(21)9-4-1-2-5-10(9)16(19)22/h1-7H,8H2. The van der Waals surface area contributed by atoms with E-state index in [9.17, 15) is 18.8 Å². The van der Waals surface area contributed by atoms with Gasteiger partial charge in [0, 0.05) is 10.6 Å². The highest BCUT2D eigenvalue weighted by Gasteiger charge is 2.38. The van der Waals surface area contributed by atoms with Crippen LogP contribution in [0, 0.1) is 5.82 Å². The molecule has 0 spiro atoms. The molecule has 0 saturated carbocycles. The molecule has 0 fully saturated rings. The van der Waals surface area contributed by atoms with Gasteiger partial charge in [-0.2, -0.15) is 0 Å². The minimum atomic E-state index is -0.966. The molecule has 2 amide bonds. The van der Waals surface area contributed by atoms with E-state index in [1.54, 1.807) is 12.1 Å². The van der Waals surface area contributed by atoms with Gasteiger partial charge < -0.3 is 4.84 Å². The largest absolute Gasteiger partial charge is 0.337 e. The number of amides is 2. The highest BCUT2D eigenvalue weighted by molar-refractivity contribution is 6.31. The molecule has 0 atom stereocenters. The Balaban J connectivity index is 1.77. The van der Waals surface area contributed by atoms with Gasteiger partial charge in [-0.15, -0.1) is 0 Å². The maximum Gasteiger partial charge on any atom is 0.337 e. The highest BCUT2D eigenvalue weighted by atomic mass is 35.5. The zero-order valence-electron chi connectivity index (χ0n) is 11.6. The maximum atomic E-state index is 13.7. The Morgan fingerprint density at radius 1 is 1.04 bits per heavy atom. The van der Waals surface area contributed by atoms with Crippen molar-refractivity contribution in [3.8, 4) is 0 Å². The third kappa shape index (κ3) is 2.68. The average Bonchev–Trinajstić information content (AvgIpc) is 2.77. The summed E-state index contributed by atoms with van der Waals surface area (Å²) in [6.45, 7) is 0. The molecule has 0 bridgehead atoms. The monoisotopic (exact) mass is 333 g/mol. The van der Waals surface area contributed by atoms with Crippen LogP contribution < -0.4 is 0 Å². The molecule has 2 aromatic rings. The molecule has 3 rings (SSSR count). The highest BCUT2D eigenvalue weighted by Crippen LogP contribution is 2.24. The van der Waals surface area contributed by atoms with Crippen LogP contribution in [0.25, 0.3) is 0 Å². The average molecular weight is 334 g/mol. The molecule has 116 valence electrons. The van der Waals surface area contributed by atoms with Gasteiger partial charge in [0.25, 0.3) is 11.8 Å². The number of halogens is 2. The second-order valence-electron chi connectivity index (χ2n) is 4.79. The molecule has 2 aromatic carbocycles. The molecule has 0 unspecified atom stereocenters. The van der Waals surface area contributed by atoms with Gasteiger partial charge in [0.05, 0.1) is 17.5 Å². The van der Waals surface area contributed by atoms with Crippen LogP contribution in [0.15, 0.2) is 42.5 Å². The number of nitrogens with zero attached hydrogens (tertiary/aromatic N) is 1. The summed E-state index contributed by atoms with van der Waals surface area (Å²) in [5.74, 6) is -3.11. The van der Waals surface area contributed by atoms with E-state index in [0.717, 1.165) is 6.07 Å². The van der Waals surface area contributed by atoms with Gasteiger partial charge in [0.15, 0.2) is 0 Å². The Kier molecular flexibility index (Phi) is 3.83. The van der Waals surface area contributed by atoms with E-state index in [4.69, 9.17) is 16.4 Å². The first-order valence-electron chi connectivity index (χ1n) is 6.60. The van der Waals surface area contributed by atoms with Gasteiger partial charge >= 0.3 is 5.97 Å². The van der Waals surface area contributed by atoms with E-state index >= 15 is 0 Å². The summed E-state index contributed by atoms with van der Waals surface area (Å²) in [4.78, 5) is 40.8. The lowest BCUT2D eigenvalue weighted by Gasteiger charge is -2.13. The van der Waals surface area contributed by atoms with Crippen molar-refractivity contribution in [2.75, 3.05) is 0 Å². The van der Waals surface area contributed by atoms with Crippen molar-refractivity contribution in [1.29, 1.82) is 0 Å². The van der Waals surface area contributed by atoms with E-state index in [1.807, 2.05) is 0 Å². The summed E-state index contributed by atoms with van der Waals surface area (Å²) in [5, 5.41) is 0.436. The lowest BCUT2D eigenvalue weighted by Crippen LogP contribution is -2.33. The first-order chi connectivity index (χ1) is 11.0. The SMILES string of the molecule is O=C(Cc1c(F)cccc1Cl)ON1C(=O)c2ccccc2C1=O. The zero-order chi connectivity index (χ0) is 16.6. The number of rotatable bonds is 3. The quantitative estimate of drug-likeness (QED) is 0.810. The van der Waals surface area contributed by atoms with Crippen molar-refractivity contribution in [1.82, 2.24) is 5.06 Å². The van der Waals surface area contributed by atoms with Crippen LogP contribution in [0.4, 0.5) is 4.39 Å². The van der Waals surface area contributed by atoms with Gasteiger partial charge in [-0.05, 0) is 24.3 Å². The summed E-state index contributed by atoms with van der Waals surface area (Å²) in [6.07, 6.45) is -0.501. The van der Waals surface area contributed by atoms with Crippen molar-refractivity contribution in [3.63, 3.8) is 0 Å². The summed E-state index contributed by atoms with van der Waals surface area (Å²) < 4.78 is 13.7. The Labute approximate surface area is 135 Å². The molecule has 1 aliphatic rings. The van der Waals surface area contributed by atoms with Crippen LogP contribution in [0.5, 0.6) is 0 Å². The maximum absolute atomic E-state index is 13.7. The molecule has 5 nitrogen and oxygen atoms in total. The fourth-order valence-electron chi connectivity index (χ4n) is 2.23. The predicted octanol–water partition coefficient (Wildman–Crippen LogP) is 2.78. The van der Waals surface area contributed by atoms with E-state index in [-0.39, 0.29) is 21.7 Å². The number of hydroxylamine groups is 2. The fourth-order valence-corrected chi connectivity index (χ4v) is 2.46. The molecule has 1 aliphatic heterocycles. The molecule has 0 aromatic heterocycles. The summed E-state index contributed by atoms with van der Waals surface area (Å²) >= 11 is 5.83. The van der Waals surface area contributed by atoms with Crippen molar-refractivity contribution in [2.45, 2.75) is 6.42 Å². The number of hydrogen-bond donors (Lipinski definition) is 0. The lowest BCUT2D eigenvalue weighted by molar-refractivity contribution is -0.167. The first-order valence-corrected chi connectivity index (χ1v) is 6.98. The van der Waals surface area contributed by atoms with Crippen LogP contribution in [0.3, 0.4) is 0 Å². The molecule has 23 heavy (non-hydrogen) atoms. The molecule has 7 heteroatoms. The molecule has 0 radical (unpaired) electrons. The molecular weight excluding hydrogens is 325 g/mol. The van der Waals surface area contributed by atoms with Gasteiger partial charge in [0.1, 0.15) is 5.82 Å². The van der Waals surface area contributed by atoms with E-state index in [1.165, 1.54) is 24.3 Å². The van der Waals surface area contributed by atoms with Crippen molar-refractivity contribution < 1.29 is 23.6 Å². The predicted molar refractivity (Wildman–Crippen MR) is 78.1 cm³/mol. The molecule has 0 N–H and O–H groups in total. The van der Waals surface area contributed by atoms with Crippen LogP contribution in [0.1, 0.15) is 26.3 Å². The molecule has 1 heterocycles. The van der Waals surface area contributed by atoms with Gasteiger partial charge in [-0.1, -0.05) is 34.9 Å². The summed E-state index contributed by atoms with van der Waals surface area (Å²) in [5.41, 5.74) is 0.235. The number of hydrogen-bond acceptors (Lipinski definition) is 4. The number of benzene rings is 2. The van der Waals surface area contributed by atoms with E-state index in [2.05, 4.69) is 0 Å². The van der Waals surface area contributed by atoms with Gasteiger partial charge in [-0.25, -0.2) is 9.18 Å². The van der Waals surface area contributed by atoms with Crippen LogP contribution in [-0.2, 0) is 16.1 Å². The van der Waals surface area contributed by atoms with Gasteiger partial charge in [-0.3, -0.25) is 9.59 Å². The smallest absolute Gasteiger partial charge is 0.329 e. The minimum absolute atomic E-state index is 0.0595. The molecular formula is C16H9ClFNO4. The second-order valence-corrected chi connectivity index (χ2v) is 5.20. The van der Waals surface area contributed by atoms with Crippen LogP contribution in [0.2, 0.25) is 5.02 Å². The van der Waals surface area contributed by atoms with Crippen molar-refractivity contribution >= 4 is 29.4 Å². The lowest BCUT2D eigenvalue weighted by atomic mass is 10.1. The fraction of sp³-hybridized carbons (Fsp3) is 0.0625. The summed E-state index contributed by atoms with van der Waals surface area (Å²) in [7, 11) is 0. The Bertz CT molecular complexity index is 781. The van der Waals surface area contributed by atoms with Crippen molar-refractivity contribution in [2.24, 2.45) is 0 Å². The molecule has 0 aliphatic carbocycles. The Morgan fingerprint density at radius 2 is 1.65 bits per heavy atom. The van der Waals surface area contributed by atoms with Crippen LogP contribution >= 0.6 is 11.6 Å². The minimum Gasteiger partial charge on any atom is -0.329 e. The summed E-state index contributed by atoms with van der Waals surface area (Å²) in [6, 6.07) is 10.1. The number of fused-ring (bicyclic) bond motifs is 1. The van der Waals surface area contributed by atoms with E-state index in [0.29, 0.717) is 5.06 Å². The topological polar surface area (TPSA) is 63.7 Å². The Hall–Kier alpha value is -2.73. The Morgan fingerprint density at radius 3 is 2.22 bits per heavy atom. The zero-order valence-corrected chi connectivity index (χ0v) is 12.3. The number of carbonyl (C=O) groups is 3. The normalized spacial score (nSPS) is 13.2. The van der Waals surface area contributed by atoms with E-state index < -0.39 is 30.0 Å². The second kappa shape index (κ2) is 5.81. The van der Waals surface area contributed by atoms with Crippen molar-refractivity contribution in [3.05, 3.63) is 70.0 Å². The first kappa shape index (κ1) is 15.2. The number of imide groups is 1. The third-order valence-corrected chi connectivity index (χ3v) is 3.69. The number of carbonyl (C=O) groups excluding carboxylic acids is 3.